The Morgan fingerprint density at radius 3 is 2.68 bits per heavy atom. The van der Waals surface area contributed by atoms with Crippen LogP contribution in [0.25, 0.3) is 0 Å². The Kier molecular flexibility index (Phi) is 5.02. The molecule has 0 spiro atoms. The first kappa shape index (κ1) is 14.6. The van der Waals surface area contributed by atoms with Crippen molar-refractivity contribution in [2.75, 3.05) is 6.54 Å². The van der Waals surface area contributed by atoms with E-state index in [0.717, 1.165) is 12.8 Å². The average molecular weight is 302 g/mol. The lowest BCUT2D eigenvalue weighted by molar-refractivity contribution is -0.119. The Balaban J connectivity index is 2.14. The van der Waals surface area contributed by atoms with Crippen LogP contribution in [0.2, 0.25) is 10.2 Å². The van der Waals surface area contributed by atoms with E-state index in [1.165, 1.54) is 12.8 Å². The summed E-state index contributed by atoms with van der Waals surface area (Å²) in [5.41, 5.74) is 6.02. The number of hydrogen-bond donors (Lipinski definition) is 1. The highest BCUT2D eigenvalue weighted by Gasteiger charge is 2.24. The predicted octanol–water partition coefficient (Wildman–Crippen LogP) is 2.62. The van der Waals surface area contributed by atoms with Crippen LogP contribution >= 0.6 is 23.2 Å². The maximum atomic E-state index is 11.2. The normalized spacial score (nSPS) is 16.2. The number of rotatable bonds is 5. The molecule has 104 valence electrons. The van der Waals surface area contributed by atoms with E-state index in [1.807, 2.05) is 0 Å². The smallest absolute Gasteiger partial charge is 0.231 e. The highest BCUT2D eigenvalue weighted by atomic mass is 35.5. The number of amides is 1. The van der Waals surface area contributed by atoms with E-state index >= 15 is 0 Å². The van der Waals surface area contributed by atoms with Gasteiger partial charge in [0.1, 0.15) is 5.15 Å². The number of halogens is 2. The quantitative estimate of drug-likeness (QED) is 0.851. The molecular weight excluding hydrogens is 285 g/mol. The summed E-state index contributed by atoms with van der Waals surface area (Å²) in [6.45, 7) is 0.738. The van der Waals surface area contributed by atoms with Crippen molar-refractivity contribution in [3.8, 4) is 0 Å². The van der Waals surface area contributed by atoms with Crippen molar-refractivity contribution in [1.29, 1.82) is 0 Å². The van der Waals surface area contributed by atoms with Crippen LogP contribution < -0.4 is 5.73 Å². The van der Waals surface area contributed by atoms with Gasteiger partial charge in [0.2, 0.25) is 5.91 Å². The molecule has 0 unspecified atom stereocenters. The minimum Gasteiger partial charge on any atom is -0.369 e. The summed E-state index contributed by atoms with van der Waals surface area (Å²) < 4.78 is 0. The van der Waals surface area contributed by atoms with Gasteiger partial charge in [-0.25, -0.2) is 4.98 Å². The van der Waals surface area contributed by atoms with Crippen molar-refractivity contribution >= 4 is 29.1 Å². The van der Waals surface area contributed by atoms with Gasteiger partial charge in [0.15, 0.2) is 0 Å². The topological polar surface area (TPSA) is 59.2 Å². The van der Waals surface area contributed by atoms with Crippen LogP contribution in [0.5, 0.6) is 0 Å². The van der Waals surface area contributed by atoms with E-state index in [2.05, 4.69) is 9.88 Å². The molecule has 1 heterocycles. The molecule has 1 fully saturated rings. The standard InChI is InChI=1S/C13H17Cl2N3O/c14-10-5-6-12(15)17-11(10)7-18(8-13(16)19)9-3-1-2-4-9/h5-6,9H,1-4,7-8H2,(H2,16,19). The van der Waals surface area contributed by atoms with Crippen LogP contribution in [-0.2, 0) is 11.3 Å². The van der Waals surface area contributed by atoms with Crippen LogP contribution in [-0.4, -0.2) is 28.4 Å². The third-order valence-corrected chi connectivity index (χ3v) is 3.99. The van der Waals surface area contributed by atoms with Crippen LogP contribution in [0.3, 0.4) is 0 Å². The van der Waals surface area contributed by atoms with Crippen molar-refractivity contribution in [2.45, 2.75) is 38.3 Å². The van der Waals surface area contributed by atoms with Crippen molar-refractivity contribution in [3.05, 3.63) is 28.0 Å². The zero-order valence-electron chi connectivity index (χ0n) is 10.6. The predicted molar refractivity (Wildman–Crippen MR) is 76.1 cm³/mol. The molecular formula is C13H17Cl2N3O. The number of hydrogen-bond acceptors (Lipinski definition) is 3. The second-order valence-electron chi connectivity index (χ2n) is 4.87. The molecule has 1 amide bonds. The van der Waals surface area contributed by atoms with Crippen molar-refractivity contribution in [2.24, 2.45) is 5.73 Å². The van der Waals surface area contributed by atoms with Gasteiger partial charge in [-0.05, 0) is 25.0 Å². The average Bonchev–Trinajstić information content (AvgIpc) is 2.86. The summed E-state index contributed by atoms with van der Waals surface area (Å²) in [4.78, 5) is 17.5. The van der Waals surface area contributed by atoms with Crippen molar-refractivity contribution in [3.63, 3.8) is 0 Å². The van der Waals surface area contributed by atoms with Crippen molar-refractivity contribution in [1.82, 2.24) is 9.88 Å². The SMILES string of the molecule is NC(=O)CN(Cc1nc(Cl)ccc1Cl)C1CCCC1. The molecule has 0 aromatic carbocycles. The third kappa shape index (κ3) is 4.06. The van der Waals surface area contributed by atoms with Gasteiger partial charge in [0.05, 0.1) is 17.3 Å². The summed E-state index contributed by atoms with van der Waals surface area (Å²) in [5.74, 6) is -0.329. The van der Waals surface area contributed by atoms with Gasteiger partial charge in [-0.1, -0.05) is 36.0 Å². The highest BCUT2D eigenvalue weighted by molar-refractivity contribution is 6.32. The van der Waals surface area contributed by atoms with Crippen LogP contribution in [0.1, 0.15) is 31.4 Å². The molecule has 0 bridgehead atoms. The number of aromatic nitrogens is 1. The Morgan fingerprint density at radius 1 is 1.37 bits per heavy atom. The summed E-state index contributed by atoms with van der Waals surface area (Å²) in [6.07, 6.45) is 4.56. The van der Waals surface area contributed by atoms with Crippen LogP contribution in [0.15, 0.2) is 12.1 Å². The van der Waals surface area contributed by atoms with E-state index in [9.17, 15) is 4.79 Å². The molecule has 1 aliphatic carbocycles. The zero-order valence-corrected chi connectivity index (χ0v) is 12.1. The molecule has 0 radical (unpaired) electrons. The van der Waals surface area contributed by atoms with Gasteiger partial charge in [-0.3, -0.25) is 9.69 Å². The maximum Gasteiger partial charge on any atom is 0.231 e. The Hall–Kier alpha value is -0.840. The third-order valence-electron chi connectivity index (χ3n) is 3.44. The molecule has 1 aromatic rings. The summed E-state index contributed by atoms with van der Waals surface area (Å²) in [6, 6.07) is 3.76. The Labute approximate surface area is 122 Å². The molecule has 2 N–H and O–H groups in total. The molecule has 6 heteroatoms. The first-order valence-electron chi connectivity index (χ1n) is 6.39. The lowest BCUT2D eigenvalue weighted by Crippen LogP contribution is -2.39. The molecule has 0 atom stereocenters. The summed E-state index contributed by atoms with van der Waals surface area (Å²) >= 11 is 12.0. The zero-order chi connectivity index (χ0) is 13.8. The number of nitrogens with two attached hydrogens (primary N) is 1. The number of carbonyl (C=O) groups is 1. The number of nitrogens with zero attached hydrogens (tertiary/aromatic N) is 2. The van der Waals surface area contributed by atoms with Gasteiger partial charge >= 0.3 is 0 Å². The molecule has 1 aromatic heterocycles. The fourth-order valence-corrected chi connectivity index (χ4v) is 2.87. The van der Waals surface area contributed by atoms with Gasteiger partial charge in [0.25, 0.3) is 0 Å². The summed E-state index contributed by atoms with van der Waals surface area (Å²) in [5, 5.41) is 0.974. The fraction of sp³-hybridized carbons (Fsp3) is 0.538. The molecule has 19 heavy (non-hydrogen) atoms. The monoisotopic (exact) mass is 301 g/mol. The van der Waals surface area contributed by atoms with E-state index in [4.69, 9.17) is 28.9 Å². The largest absolute Gasteiger partial charge is 0.369 e. The van der Waals surface area contributed by atoms with E-state index in [1.54, 1.807) is 12.1 Å². The fourth-order valence-electron chi connectivity index (χ4n) is 2.54. The van der Waals surface area contributed by atoms with E-state index in [0.29, 0.717) is 28.5 Å². The highest BCUT2D eigenvalue weighted by Crippen LogP contribution is 2.26. The molecule has 0 saturated heterocycles. The van der Waals surface area contributed by atoms with Gasteiger partial charge in [-0.2, -0.15) is 0 Å². The maximum absolute atomic E-state index is 11.2. The number of primary amides is 1. The second kappa shape index (κ2) is 6.55. The molecule has 1 aliphatic rings. The molecule has 2 rings (SSSR count). The minimum absolute atomic E-state index is 0.231. The molecule has 0 aliphatic heterocycles. The lowest BCUT2D eigenvalue weighted by atomic mass is 10.2. The lowest BCUT2D eigenvalue weighted by Gasteiger charge is -2.27. The van der Waals surface area contributed by atoms with Gasteiger partial charge < -0.3 is 5.73 Å². The first-order chi connectivity index (χ1) is 9.06. The van der Waals surface area contributed by atoms with Crippen LogP contribution in [0.4, 0.5) is 0 Å². The van der Waals surface area contributed by atoms with Gasteiger partial charge in [0, 0.05) is 12.6 Å². The van der Waals surface area contributed by atoms with Crippen LogP contribution in [0, 0.1) is 0 Å². The second-order valence-corrected chi connectivity index (χ2v) is 5.67. The summed E-state index contributed by atoms with van der Waals surface area (Å²) in [7, 11) is 0. The Morgan fingerprint density at radius 2 is 2.05 bits per heavy atom. The first-order valence-corrected chi connectivity index (χ1v) is 7.15. The minimum atomic E-state index is -0.329. The number of pyridine rings is 1. The molecule has 1 saturated carbocycles. The number of carbonyl (C=O) groups excluding carboxylic acids is 1. The van der Waals surface area contributed by atoms with E-state index in [-0.39, 0.29) is 12.5 Å². The van der Waals surface area contributed by atoms with Gasteiger partial charge in [-0.15, -0.1) is 0 Å². The molecule has 4 nitrogen and oxygen atoms in total. The van der Waals surface area contributed by atoms with Crippen molar-refractivity contribution < 1.29 is 4.79 Å². The Bertz CT molecular complexity index is 461. The van der Waals surface area contributed by atoms with E-state index < -0.39 is 0 Å².